The number of sulfone groups is 1. The smallest absolute Gasteiger partial charge is 0.398 e. The summed E-state index contributed by atoms with van der Waals surface area (Å²) in [5, 5.41) is 2.61. The Kier molecular flexibility index (Phi) is 4.10. The maximum absolute atomic E-state index is 12.5. The predicted octanol–water partition coefficient (Wildman–Crippen LogP) is 1.74. The van der Waals surface area contributed by atoms with Crippen LogP contribution in [0.4, 0.5) is 24.5 Å². The van der Waals surface area contributed by atoms with E-state index in [0.717, 1.165) is 18.4 Å². The molecule has 0 spiro atoms. The zero-order valence-electron chi connectivity index (χ0n) is 9.58. The maximum atomic E-state index is 12.5. The maximum Gasteiger partial charge on any atom is 0.418 e. The first-order valence-electron chi connectivity index (χ1n) is 4.98. The summed E-state index contributed by atoms with van der Waals surface area (Å²) >= 11 is 0. The van der Waals surface area contributed by atoms with Gasteiger partial charge in [-0.25, -0.2) is 8.42 Å². The lowest BCUT2D eigenvalue weighted by Crippen LogP contribution is -2.15. The third-order valence-electron chi connectivity index (χ3n) is 2.16. The van der Waals surface area contributed by atoms with Gasteiger partial charge in [0, 0.05) is 24.2 Å². The molecule has 0 saturated heterocycles. The SMILES string of the molecule is CS(=O)(=O)CCNc1ccc(N)c(C(F)(F)F)c1. The Labute approximate surface area is 103 Å². The number of nitrogens with two attached hydrogens (primary N) is 1. The molecule has 1 aromatic carbocycles. The van der Waals surface area contributed by atoms with E-state index in [1.807, 2.05) is 0 Å². The minimum atomic E-state index is -4.53. The first-order valence-corrected chi connectivity index (χ1v) is 7.04. The Bertz CT molecular complexity index is 526. The van der Waals surface area contributed by atoms with E-state index in [-0.39, 0.29) is 23.7 Å². The molecule has 3 N–H and O–H groups in total. The molecule has 0 aliphatic heterocycles. The van der Waals surface area contributed by atoms with E-state index in [4.69, 9.17) is 5.73 Å². The highest BCUT2D eigenvalue weighted by atomic mass is 32.2. The zero-order chi connectivity index (χ0) is 14.0. The lowest BCUT2D eigenvalue weighted by molar-refractivity contribution is -0.136. The van der Waals surface area contributed by atoms with Crippen molar-refractivity contribution in [2.75, 3.05) is 29.6 Å². The van der Waals surface area contributed by atoms with Crippen LogP contribution < -0.4 is 11.1 Å². The molecule has 0 bridgehead atoms. The van der Waals surface area contributed by atoms with Crippen LogP contribution in [-0.2, 0) is 16.0 Å². The van der Waals surface area contributed by atoms with Crippen LogP contribution in [0.3, 0.4) is 0 Å². The van der Waals surface area contributed by atoms with Gasteiger partial charge in [-0.15, -0.1) is 0 Å². The van der Waals surface area contributed by atoms with E-state index in [2.05, 4.69) is 5.32 Å². The Morgan fingerprint density at radius 3 is 2.44 bits per heavy atom. The number of hydrogen-bond donors (Lipinski definition) is 2. The molecular weight excluding hydrogens is 269 g/mol. The van der Waals surface area contributed by atoms with Gasteiger partial charge < -0.3 is 11.1 Å². The summed E-state index contributed by atoms with van der Waals surface area (Å²) < 4.78 is 59.3. The van der Waals surface area contributed by atoms with Crippen molar-refractivity contribution in [3.05, 3.63) is 23.8 Å². The van der Waals surface area contributed by atoms with Crippen molar-refractivity contribution in [2.24, 2.45) is 0 Å². The Hall–Kier alpha value is -1.44. The monoisotopic (exact) mass is 282 g/mol. The molecular formula is C10H13F3N2O2S. The Morgan fingerprint density at radius 2 is 1.94 bits per heavy atom. The molecule has 1 aromatic rings. The fourth-order valence-electron chi connectivity index (χ4n) is 1.29. The van der Waals surface area contributed by atoms with Gasteiger partial charge >= 0.3 is 6.18 Å². The minimum absolute atomic E-state index is 0.0417. The first kappa shape index (κ1) is 14.6. The van der Waals surface area contributed by atoms with Gasteiger partial charge in [-0.2, -0.15) is 13.2 Å². The number of alkyl halides is 3. The summed E-state index contributed by atoms with van der Waals surface area (Å²) in [4.78, 5) is 0. The van der Waals surface area contributed by atoms with Crippen molar-refractivity contribution < 1.29 is 21.6 Å². The van der Waals surface area contributed by atoms with E-state index in [1.165, 1.54) is 6.07 Å². The third-order valence-corrected chi connectivity index (χ3v) is 3.11. The van der Waals surface area contributed by atoms with Gasteiger partial charge in [-0.1, -0.05) is 0 Å². The lowest BCUT2D eigenvalue weighted by atomic mass is 10.1. The van der Waals surface area contributed by atoms with Gasteiger partial charge in [0.1, 0.15) is 9.84 Å². The summed E-state index contributed by atoms with van der Waals surface area (Å²) in [6.07, 6.45) is -3.47. The van der Waals surface area contributed by atoms with Gasteiger partial charge in [0.05, 0.1) is 11.3 Å². The highest BCUT2D eigenvalue weighted by molar-refractivity contribution is 7.90. The largest absolute Gasteiger partial charge is 0.418 e. The van der Waals surface area contributed by atoms with Crippen molar-refractivity contribution in [2.45, 2.75) is 6.18 Å². The summed E-state index contributed by atoms with van der Waals surface area (Å²) in [7, 11) is -3.15. The van der Waals surface area contributed by atoms with Crippen molar-refractivity contribution >= 4 is 21.2 Å². The number of rotatable bonds is 4. The van der Waals surface area contributed by atoms with E-state index >= 15 is 0 Å². The van der Waals surface area contributed by atoms with Crippen molar-refractivity contribution in [3.63, 3.8) is 0 Å². The lowest BCUT2D eigenvalue weighted by Gasteiger charge is -2.12. The number of nitrogens with one attached hydrogen (secondary N) is 1. The third kappa shape index (κ3) is 4.44. The van der Waals surface area contributed by atoms with Crippen LogP contribution in [0.1, 0.15) is 5.56 Å². The number of hydrogen-bond acceptors (Lipinski definition) is 4. The molecule has 0 amide bonds. The summed E-state index contributed by atoms with van der Waals surface area (Å²) in [6.45, 7) is 0.0417. The predicted molar refractivity (Wildman–Crippen MR) is 64.1 cm³/mol. The van der Waals surface area contributed by atoms with Crippen molar-refractivity contribution in [1.82, 2.24) is 0 Å². The van der Waals surface area contributed by atoms with Gasteiger partial charge in [-0.3, -0.25) is 0 Å². The van der Waals surface area contributed by atoms with Crippen LogP contribution in [0.15, 0.2) is 18.2 Å². The van der Waals surface area contributed by atoms with E-state index < -0.39 is 21.6 Å². The minimum Gasteiger partial charge on any atom is -0.398 e. The molecule has 102 valence electrons. The fraction of sp³-hybridized carbons (Fsp3) is 0.400. The standard InChI is InChI=1S/C10H13F3N2O2S/c1-18(16,17)5-4-15-7-2-3-9(14)8(6-7)10(11,12)13/h2-3,6,15H,4-5,14H2,1H3. The zero-order valence-corrected chi connectivity index (χ0v) is 10.4. The summed E-state index contributed by atoms with van der Waals surface area (Å²) in [5.41, 5.74) is 4.11. The van der Waals surface area contributed by atoms with Gasteiger partial charge in [0.15, 0.2) is 0 Å². The molecule has 0 aliphatic rings. The molecule has 8 heteroatoms. The average Bonchev–Trinajstić information content (AvgIpc) is 2.17. The second-order valence-electron chi connectivity index (χ2n) is 3.86. The summed E-state index contributed by atoms with van der Waals surface area (Å²) in [6, 6.07) is 3.36. The number of nitrogen functional groups attached to an aromatic ring is 1. The van der Waals surface area contributed by atoms with Gasteiger partial charge in [-0.05, 0) is 18.2 Å². The van der Waals surface area contributed by atoms with Crippen LogP contribution in [0.25, 0.3) is 0 Å². The van der Waals surface area contributed by atoms with Crippen LogP contribution in [-0.4, -0.2) is 27.0 Å². The second kappa shape index (κ2) is 5.05. The fourth-order valence-corrected chi connectivity index (χ4v) is 1.77. The van der Waals surface area contributed by atoms with E-state index in [0.29, 0.717) is 0 Å². The number of halogens is 3. The molecule has 4 nitrogen and oxygen atoms in total. The van der Waals surface area contributed by atoms with E-state index in [1.54, 1.807) is 0 Å². The molecule has 18 heavy (non-hydrogen) atoms. The van der Waals surface area contributed by atoms with Crippen LogP contribution in [0.5, 0.6) is 0 Å². The molecule has 0 unspecified atom stereocenters. The first-order chi connectivity index (χ1) is 8.09. The Balaban J connectivity index is 2.80. The quantitative estimate of drug-likeness (QED) is 0.825. The molecule has 0 saturated carbocycles. The highest BCUT2D eigenvalue weighted by Crippen LogP contribution is 2.34. The van der Waals surface area contributed by atoms with Crippen LogP contribution >= 0.6 is 0 Å². The molecule has 1 rings (SSSR count). The van der Waals surface area contributed by atoms with Crippen LogP contribution in [0, 0.1) is 0 Å². The molecule has 0 aromatic heterocycles. The molecule has 0 heterocycles. The normalized spacial score (nSPS) is 12.4. The second-order valence-corrected chi connectivity index (χ2v) is 6.12. The molecule has 0 fully saturated rings. The Morgan fingerprint density at radius 1 is 1.33 bits per heavy atom. The van der Waals surface area contributed by atoms with Crippen molar-refractivity contribution in [1.29, 1.82) is 0 Å². The number of benzene rings is 1. The molecule has 0 atom stereocenters. The van der Waals surface area contributed by atoms with E-state index in [9.17, 15) is 21.6 Å². The topological polar surface area (TPSA) is 72.2 Å². The van der Waals surface area contributed by atoms with Crippen LogP contribution in [0.2, 0.25) is 0 Å². The summed E-state index contributed by atoms with van der Waals surface area (Å²) in [5.74, 6) is -0.154. The van der Waals surface area contributed by atoms with Gasteiger partial charge in [0.25, 0.3) is 0 Å². The molecule has 0 aliphatic carbocycles. The highest BCUT2D eigenvalue weighted by Gasteiger charge is 2.33. The molecule has 0 radical (unpaired) electrons. The van der Waals surface area contributed by atoms with Gasteiger partial charge in [0.2, 0.25) is 0 Å². The average molecular weight is 282 g/mol. The number of anilines is 2. The van der Waals surface area contributed by atoms with Crippen molar-refractivity contribution in [3.8, 4) is 0 Å².